The number of fused-ring (bicyclic) bond motifs is 6. The van der Waals surface area contributed by atoms with Gasteiger partial charge in [0.1, 0.15) is 28.0 Å². The average Bonchev–Trinajstić information content (AvgIpc) is 3.01. The Hall–Kier alpha value is -3.79. The first-order valence-corrected chi connectivity index (χ1v) is 11.0. The molecule has 7 nitrogen and oxygen atoms in total. The summed E-state index contributed by atoms with van der Waals surface area (Å²) < 4.78 is 43.5. The third-order valence-corrected chi connectivity index (χ3v) is 6.68. The Kier molecular flexibility index (Phi) is 5.55. The van der Waals surface area contributed by atoms with E-state index in [4.69, 9.17) is 11.6 Å². The fraction of sp³-hybridized carbons (Fsp3) is 0.208. The van der Waals surface area contributed by atoms with Gasteiger partial charge in [0.25, 0.3) is 11.8 Å². The van der Waals surface area contributed by atoms with Gasteiger partial charge in [-0.05, 0) is 30.5 Å². The molecular weight excluding hydrogens is 487 g/mol. The van der Waals surface area contributed by atoms with E-state index in [0.717, 1.165) is 12.1 Å². The molecule has 1 atom stereocenters. The molecule has 0 radical (unpaired) electrons. The van der Waals surface area contributed by atoms with Crippen LogP contribution in [-0.4, -0.2) is 28.0 Å². The quantitative estimate of drug-likeness (QED) is 0.533. The highest BCUT2D eigenvalue weighted by atomic mass is 35.5. The van der Waals surface area contributed by atoms with Crippen LogP contribution >= 0.6 is 11.6 Å². The maximum atomic E-state index is 14.6. The van der Waals surface area contributed by atoms with E-state index in [1.807, 2.05) is 0 Å². The molecule has 2 amide bonds. The summed E-state index contributed by atoms with van der Waals surface area (Å²) in [6, 6.07) is 6.09. The van der Waals surface area contributed by atoms with E-state index >= 15 is 0 Å². The van der Waals surface area contributed by atoms with Crippen molar-refractivity contribution in [3.8, 4) is 5.75 Å². The summed E-state index contributed by atoms with van der Waals surface area (Å²) in [5.41, 5.74) is -1.28. The van der Waals surface area contributed by atoms with Gasteiger partial charge in [0.2, 0.25) is 5.43 Å². The summed E-state index contributed by atoms with van der Waals surface area (Å²) in [6.07, 6.45) is 2.06. The number of rotatable bonds is 3. The van der Waals surface area contributed by atoms with E-state index in [0.29, 0.717) is 18.4 Å². The van der Waals surface area contributed by atoms with E-state index < -0.39 is 63.6 Å². The number of nitrogens with zero attached hydrogens (tertiary/aromatic N) is 2. The fourth-order valence-electron chi connectivity index (χ4n) is 4.57. The zero-order valence-electron chi connectivity index (χ0n) is 17.9. The number of benzene rings is 2. The Balaban J connectivity index is 1.50. The van der Waals surface area contributed by atoms with Crippen LogP contribution in [0.3, 0.4) is 0 Å². The molecular formula is C24H17ClF3N3O4. The minimum absolute atomic E-state index is 0.0857. The highest BCUT2D eigenvalue weighted by molar-refractivity contribution is 6.31. The second kappa shape index (κ2) is 8.46. The van der Waals surface area contributed by atoms with Crippen molar-refractivity contribution in [1.29, 1.82) is 0 Å². The monoisotopic (exact) mass is 503 g/mol. The lowest BCUT2D eigenvalue weighted by Gasteiger charge is -2.35. The number of pyridine rings is 1. The molecule has 0 fully saturated rings. The van der Waals surface area contributed by atoms with Gasteiger partial charge in [-0.1, -0.05) is 29.8 Å². The molecule has 2 N–H and O–H groups in total. The highest BCUT2D eigenvalue weighted by Crippen LogP contribution is 2.38. The van der Waals surface area contributed by atoms with Crippen molar-refractivity contribution < 1.29 is 27.9 Å². The van der Waals surface area contributed by atoms with Crippen LogP contribution in [0.15, 0.2) is 41.3 Å². The third kappa shape index (κ3) is 3.65. The van der Waals surface area contributed by atoms with Crippen LogP contribution in [0.1, 0.15) is 44.4 Å². The van der Waals surface area contributed by atoms with Crippen LogP contribution in [0, 0.1) is 17.5 Å². The molecule has 2 aliphatic heterocycles. The Bertz CT molecular complexity index is 1470. The smallest absolute Gasteiger partial charge is 0.279 e. The van der Waals surface area contributed by atoms with Crippen LogP contribution in [0.4, 0.5) is 18.9 Å². The SMILES string of the molecule is O=C(NCc1ccc(F)c(Cl)c1F)c1cn2c(c(O)c1=O)C(=O)N1C[C@H]2CCc2cccc(F)c21. The molecule has 0 saturated heterocycles. The van der Waals surface area contributed by atoms with Crippen molar-refractivity contribution in [2.24, 2.45) is 0 Å². The van der Waals surface area contributed by atoms with Gasteiger partial charge in [-0.15, -0.1) is 0 Å². The molecule has 35 heavy (non-hydrogen) atoms. The molecule has 2 aliphatic rings. The number of carbonyl (C=O) groups excluding carboxylic acids is 2. The number of amides is 2. The molecule has 3 heterocycles. The maximum Gasteiger partial charge on any atom is 0.279 e. The number of hydrogen-bond donors (Lipinski definition) is 2. The number of halogens is 4. The number of carbonyl (C=O) groups is 2. The molecule has 180 valence electrons. The summed E-state index contributed by atoms with van der Waals surface area (Å²) in [5.74, 6) is -5.23. The van der Waals surface area contributed by atoms with Crippen LogP contribution in [0.5, 0.6) is 5.75 Å². The molecule has 2 aromatic carbocycles. The van der Waals surface area contributed by atoms with Crippen molar-refractivity contribution >= 4 is 29.1 Å². The first kappa shape index (κ1) is 23.0. The maximum absolute atomic E-state index is 14.6. The van der Waals surface area contributed by atoms with Gasteiger partial charge in [0.15, 0.2) is 11.4 Å². The summed E-state index contributed by atoms with van der Waals surface area (Å²) in [6.45, 7) is -0.320. The van der Waals surface area contributed by atoms with E-state index in [9.17, 15) is 32.7 Å². The molecule has 1 aromatic heterocycles. The molecule has 2 bridgehead atoms. The second-order valence-electron chi connectivity index (χ2n) is 8.35. The van der Waals surface area contributed by atoms with Gasteiger partial charge in [-0.2, -0.15) is 0 Å². The van der Waals surface area contributed by atoms with E-state index in [1.165, 1.54) is 21.7 Å². The molecule has 5 rings (SSSR count). The zero-order valence-corrected chi connectivity index (χ0v) is 18.7. The number of para-hydroxylation sites is 1. The van der Waals surface area contributed by atoms with Gasteiger partial charge in [0.05, 0.1) is 11.7 Å². The first-order valence-electron chi connectivity index (χ1n) is 10.7. The van der Waals surface area contributed by atoms with Crippen molar-refractivity contribution in [2.75, 3.05) is 11.4 Å². The third-order valence-electron chi connectivity index (χ3n) is 6.33. The lowest BCUT2D eigenvalue weighted by molar-refractivity contribution is 0.0929. The van der Waals surface area contributed by atoms with Gasteiger partial charge >= 0.3 is 0 Å². The molecule has 11 heteroatoms. The topological polar surface area (TPSA) is 91.6 Å². The van der Waals surface area contributed by atoms with Crippen LogP contribution in [0.25, 0.3) is 0 Å². The fourth-order valence-corrected chi connectivity index (χ4v) is 4.76. The predicted octanol–water partition coefficient (Wildman–Crippen LogP) is 3.70. The minimum Gasteiger partial charge on any atom is -0.503 e. The normalized spacial score (nSPS) is 16.4. The summed E-state index contributed by atoms with van der Waals surface area (Å²) in [5, 5.41) is 12.3. The molecule has 3 aromatic rings. The highest BCUT2D eigenvalue weighted by Gasteiger charge is 2.39. The zero-order chi connectivity index (χ0) is 25.0. The lowest BCUT2D eigenvalue weighted by atomic mass is 10.0. The molecule has 0 spiro atoms. The Morgan fingerprint density at radius 1 is 1.14 bits per heavy atom. The average molecular weight is 504 g/mol. The predicted molar refractivity (Wildman–Crippen MR) is 120 cm³/mol. The van der Waals surface area contributed by atoms with Crippen molar-refractivity contribution in [2.45, 2.75) is 25.4 Å². The van der Waals surface area contributed by atoms with Gasteiger partial charge in [-0.25, -0.2) is 13.2 Å². The van der Waals surface area contributed by atoms with Crippen molar-refractivity contribution in [3.05, 3.63) is 91.6 Å². The number of aryl methyl sites for hydroxylation is 1. The molecule has 0 aliphatic carbocycles. The molecule has 0 unspecified atom stereocenters. The summed E-state index contributed by atoms with van der Waals surface area (Å²) in [4.78, 5) is 40.0. The number of nitrogens with one attached hydrogen (secondary N) is 1. The minimum atomic E-state index is -1.10. The summed E-state index contributed by atoms with van der Waals surface area (Å²) >= 11 is 5.55. The van der Waals surface area contributed by atoms with E-state index in [2.05, 4.69) is 5.32 Å². The van der Waals surface area contributed by atoms with E-state index in [1.54, 1.807) is 12.1 Å². The first-order chi connectivity index (χ1) is 16.7. The van der Waals surface area contributed by atoms with Gasteiger partial charge in [-0.3, -0.25) is 14.4 Å². The van der Waals surface area contributed by atoms with Crippen LogP contribution in [0.2, 0.25) is 5.02 Å². The molecule has 0 saturated carbocycles. The number of anilines is 1. The van der Waals surface area contributed by atoms with Gasteiger partial charge in [0, 0.05) is 24.8 Å². The van der Waals surface area contributed by atoms with E-state index in [-0.39, 0.29) is 23.5 Å². The lowest BCUT2D eigenvalue weighted by Crippen LogP contribution is -2.45. The Morgan fingerprint density at radius 2 is 1.91 bits per heavy atom. The number of aromatic hydroxyl groups is 1. The Morgan fingerprint density at radius 3 is 2.69 bits per heavy atom. The summed E-state index contributed by atoms with van der Waals surface area (Å²) in [7, 11) is 0. The largest absolute Gasteiger partial charge is 0.503 e. The second-order valence-corrected chi connectivity index (χ2v) is 8.73. The number of aromatic nitrogens is 1. The van der Waals surface area contributed by atoms with Crippen LogP contribution < -0.4 is 15.6 Å². The van der Waals surface area contributed by atoms with Crippen LogP contribution in [-0.2, 0) is 13.0 Å². The van der Waals surface area contributed by atoms with Crippen molar-refractivity contribution in [3.63, 3.8) is 0 Å². The number of hydrogen-bond acceptors (Lipinski definition) is 4. The van der Waals surface area contributed by atoms with Gasteiger partial charge < -0.3 is 19.9 Å². The standard InChI is InChI=1S/C24H17ClF3N3O4/c25-17-15(26)7-5-12(18(17)28)8-29-23(34)14-10-30-13-6-4-11-2-1-3-16(27)19(11)31(9-13)24(35)20(30)22(33)21(14)32/h1-3,5,7,10,13,33H,4,6,8-9H2,(H,29,34)/t13-/m1/s1. The van der Waals surface area contributed by atoms with Crippen molar-refractivity contribution in [1.82, 2.24) is 9.88 Å². The Labute approximate surface area is 201 Å².